The molecule has 1 aliphatic carbocycles. The van der Waals surface area contributed by atoms with Gasteiger partial charge in [-0.2, -0.15) is 5.10 Å². The Morgan fingerprint density at radius 3 is 2.11 bits per heavy atom. The smallest absolute Gasteiger partial charge is 0.115 e. The van der Waals surface area contributed by atoms with Gasteiger partial charge in [0.2, 0.25) is 0 Å². The molecule has 1 aromatic heterocycles. The number of aromatic hydroxyl groups is 2. The summed E-state index contributed by atoms with van der Waals surface area (Å²) in [7, 11) is 0. The number of nitrogens with zero attached hydrogens (tertiary/aromatic N) is 2. The van der Waals surface area contributed by atoms with Crippen LogP contribution >= 0.6 is 0 Å². The van der Waals surface area contributed by atoms with Crippen molar-refractivity contribution in [3.8, 4) is 28.4 Å². The van der Waals surface area contributed by atoms with Crippen LogP contribution in [0.2, 0.25) is 0 Å². The molecule has 2 N–H and O–H groups in total. The third-order valence-corrected chi connectivity index (χ3v) is 5.50. The van der Waals surface area contributed by atoms with Crippen LogP contribution in [-0.4, -0.2) is 20.0 Å². The number of hydrogen-bond donors (Lipinski definition) is 2. The van der Waals surface area contributed by atoms with Crippen molar-refractivity contribution in [1.29, 1.82) is 0 Å². The molecule has 140 valence electrons. The summed E-state index contributed by atoms with van der Waals surface area (Å²) in [6.45, 7) is 2.21. The van der Waals surface area contributed by atoms with Crippen molar-refractivity contribution in [2.24, 2.45) is 0 Å². The zero-order chi connectivity index (χ0) is 18.8. The van der Waals surface area contributed by atoms with Crippen molar-refractivity contribution in [1.82, 2.24) is 9.78 Å². The van der Waals surface area contributed by atoms with Crippen molar-refractivity contribution < 1.29 is 10.2 Å². The van der Waals surface area contributed by atoms with Crippen LogP contribution in [0.15, 0.2) is 48.5 Å². The van der Waals surface area contributed by atoms with Crippen LogP contribution in [0.4, 0.5) is 0 Å². The quantitative estimate of drug-likeness (QED) is 0.624. The first-order valence-electron chi connectivity index (χ1n) is 9.88. The van der Waals surface area contributed by atoms with Gasteiger partial charge in [-0.05, 0) is 67.8 Å². The molecule has 0 atom stereocenters. The van der Waals surface area contributed by atoms with Gasteiger partial charge >= 0.3 is 0 Å². The van der Waals surface area contributed by atoms with Gasteiger partial charge in [0, 0.05) is 17.0 Å². The predicted molar refractivity (Wildman–Crippen MR) is 108 cm³/mol. The summed E-state index contributed by atoms with van der Waals surface area (Å²) in [6, 6.07) is 14.6. The Hall–Kier alpha value is -2.75. The van der Waals surface area contributed by atoms with Crippen molar-refractivity contribution in [3.05, 3.63) is 59.8 Å². The van der Waals surface area contributed by atoms with Crippen molar-refractivity contribution in [2.75, 3.05) is 0 Å². The fourth-order valence-electron chi connectivity index (χ4n) is 4.22. The Morgan fingerprint density at radius 1 is 0.926 bits per heavy atom. The lowest BCUT2D eigenvalue weighted by molar-refractivity contribution is 0.474. The summed E-state index contributed by atoms with van der Waals surface area (Å²) in [5, 5.41) is 24.4. The van der Waals surface area contributed by atoms with Crippen LogP contribution in [0, 0.1) is 0 Å². The van der Waals surface area contributed by atoms with Crippen molar-refractivity contribution in [3.63, 3.8) is 0 Å². The van der Waals surface area contributed by atoms with Crippen LogP contribution in [0.3, 0.4) is 0 Å². The van der Waals surface area contributed by atoms with Crippen molar-refractivity contribution in [2.45, 2.75) is 51.4 Å². The topological polar surface area (TPSA) is 58.3 Å². The average molecular weight is 362 g/mol. The molecule has 0 bridgehead atoms. The van der Waals surface area contributed by atoms with E-state index in [2.05, 4.69) is 11.6 Å². The van der Waals surface area contributed by atoms with Crippen LogP contribution < -0.4 is 0 Å². The van der Waals surface area contributed by atoms with E-state index in [1.165, 1.54) is 36.9 Å². The van der Waals surface area contributed by atoms with E-state index in [-0.39, 0.29) is 11.5 Å². The minimum absolute atomic E-state index is 0.265. The summed E-state index contributed by atoms with van der Waals surface area (Å²) in [6.07, 6.45) is 6.99. The first kappa shape index (κ1) is 17.7. The van der Waals surface area contributed by atoms with E-state index in [0.29, 0.717) is 5.92 Å². The van der Waals surface area contributed by atoms with E-state index in [0.717, 1.165) is 29.8 Å². The molecule has 3 aromatic rings. The molecule has 27 heavy (non-hydrogen) atoms. The third kappa shape index (κ3) is 3.44. The number of phenols is 2. The van der Waals surface area contributed by atoms with Gasteiger partial charge in [-0.3, -0.25) is 0 Å². The average Bonchev–Trinajstić information content (AvgIpc) is 3.31. The maximum Gasteiger partial charge on any atom is 0.115 e. The molecular weight excluding hydrogens is 336 g/mol. The van der Waals surface area contributed by atoms with E-state index < -0.39 is 0 Å². The van der Waals surface area contributed by atoms with Gasteiger partial charge in [0.05, 0.1) is 17.1 Å². The number of rotatable bonds is 5. The molecule has 4 nitrogen and oxygen atoms in total. The van der Waals surface area contributed by atoms with Crippen LogP contribution in [0.25, 0.3) is 16.9 Å². The highest BCUT2D eigenvalue weighted by molar-refractivity contribution is 5.66. The lowest BCUT2D eigenvalue weighted by Gasteiger charge is -2.15. The normalized spacial score (nSPS) is 14.7. The Kier molecular flexibility index (Phi) is 4.88. The summed E-state index contributed by atoms with van der Waals surface area (Å²) in [5.41, 5.74) is 5.67. The summed E-state index contributed by atoms with van der Waals surface area (Å²) in [5.74, 6) is 1.06. The maximum atomic E-state index is 9.68. The highest BCUT2D eigenvalue weighted by Gasteiger charge is 2.28. The number of phenolic OH excluding ortho intramolecular Hbond substituents is 2. The van der Waals surface area contributed by atoms with Gasteiger partial charge in [0.25, 0.3) is 0 Å². The summed E-state index contributed by atoms with van der Waals surface area (Å²) < 4.78 is 2.09. The van der Waals surface area contributed by atoms with E-state index >= 15 is 0 Å². The highest BCUT2D eigenvalue weighted by atomic mass is 16.3. The third-order valence-electron chi connectivity index (χ3n) is 5.50. The number of benzene rings is 2. The molecule has 4 heteroatoms. The van der Waals surface area contributed by atoms with E-state index in [9.17, 15) is 10.2 Å². The molecule has 4 rings (SSSR count). The Labute approximate surface area is 160 Å². The molecule has 0 spiro atoms. The zero-order valence-electron chi connectivity index (χ0n) is 15.7. The Bertz CT molecular complexity index is 905. The fourth-order valence-corrected chi connectivity index (χ4v) is 4.22. The van der Waals surface area contributed by atoms with Gasteiger partial charge in [-0.1, -0.05) is 26.2 Å². The van der Waals surface area contributed by atoms with Crippen LogP contribution in [0.5, 0.6) is 11.5 Å². The van der Waals surface area contributed by atoms with Crippen LogP contribution in [-0.2, 0) is 6.42 Å². The molecule has 0 amide bonds. The molecule has 0 saturated heterocycles. The van der Waals surface area contributed by atoms with Gasteiger partial charge in [0.15, 0.2) is 0 Å². The van der Waals surface area contributed by atoms with Gasteiger partial charge < -0.3 is 10.2 Å². The first-order chi connectivity index (χ1) is 13.2. The number of aromatic nitrogens is 2. The number of hydrogen-bond acceptors (Lipinski definition) is 3. The van der Waals surface area contributed by atoms with Gasteiger partial charge in [0.1, 0.15) is 11.5 Å². The predicted octanol–water partition coefficient (Wildman–Crippen LogP) is 5.56. The molecule has 1 saturated carbocycles. The van der Waals surface area contributed by atoms with E-state index in [1.54, 1.807) is 24.3 Å². The molecule has 0 aliphatic heterocycles. The molecule has 1 fully saturated rings. The largest absolute Gasteiger partial charge is 0.508 e. The molecule has 1 aliphatic rings. The second-order valence-corrected chi connectivity index (χ2v) is 7.42. The molecule has 1 heterocycles. The van der Waals surface area contributed by atoms with E-state index in [1.807, 2.05) is 24.3 Å². The fraction of sp³-hybridized carbons (Fsp3) is 0.348. The SMILES string of the molecule is CCCc1c(-c2ccc(O)cc2)nn(-c2ccc(O)cc2)c1C1CCCC1. The standard InChI is InChI=1S/C23H26N2O2/c1-2-5-21-22(16-8-12-19(26)13-9-16)24-25(18-10-14-20(27)15-11-18)23(21)17-6-3-4-7-17/h8-15,17,26-27H,2-7H2,1H3. The summed E-state index contributed by atoms with van der Waals surface area (Å²) in [4.78, 5) is 0. The second-order valence-electron chi connectivity index (χ2n) is 7.42. The van der Waals surface area contributed by atoms with Gasteiger partial charge in [-0.15, -0.1) is 0 Å². The summed E-state index contributed by atoms with van der Waals surface area (Å²) >= 11 is 0. The van der Waals surface area contributed by atoms with E-state index in [4.69, 9.17) is 5.10 Å². The van der Waals surface area contributed by atoms with Crippen LogP contribution in [0.1, 0.15) is 56.2 Å². The Morgan fingerprint density at radius 2 is 1.52 bits per heavy atom. The first-order valence-corrected chi connectivity index (χ1v) is 9.88. The van der Waals surface area contributed by atoms with Crippen molar-refractivity contribution >= 4 is 0 Å². The highest BCUT2D eigenvalue weighted by Crippen LogP contribution is 2.41. The zero-order valence-corrected chi connectivity index (χ0v) is 15.7. The monoisotopic (exact) mass is 362 g/mol. The minimum atomic E-state index is 0.265. The maximum absolute atomic E-state index is 9.68. The molecular formula is C23H26N2O2. The van der Waals surface area contributed by atoms with Gasteiger partial charge in [-0.25, -0.2) is 4.68 Å². The minimum Gasteiger partial charge on any atom is -0.508 e. The Balaban J connectivity index is 1.92. The molecule has 0 radical (unpaired) electrons. The lowest BCUT2D eigenvalue weighted by Crippen LogP contribution is -2.07. The lowest BCUT2D eigenvalue weighted by atomic mass is 9.94. The second kappa shape index (κ2) is 7.47. The molecule has 0 unspecified atom stereocenters. The molecule has 2 aromatic carbocycles.